The third-order valence-electron chi connectivity index (χ3n) is 5.37. The van der Waals surface area contributed by atoms with Gasteiger partial charge in [-0.15, -0.1) is 0 Å². The van der Waals surface area contributed by atoms with Crippen LogP contribution >= 0.6 is 0 Å². The van der Waals surface area contributed by atoms with Crippen molar-refractivity contribution in [1.29, 1.82) is 0 Å². The molecule has 0 aliphatic heterocycles. The van der Waals surface area contributed by atoms with Crippen molar-refractivity contribution in [2.24, 2.45) is 0 Å². The van der Waals surface area contributed by atoms with Crippen molar-refractivity contribution in [3.8, 4) is 22.8 Å². The van der Waals surface area contributed by atoms with Crippen LogP contribution in [0.25, 0.3) is 11.3 Å². The normalized spacial score (nSPS) is 10.7. The Hall–Kier alpha value is -3.14. The number of nitrogens with zero attached hydrogens (tertiary/aromatic N) is 1. The fourth-order valence-electron chi connectivity index (χ4n) is 3.40. The molecule has 0 amide bonds. The van der Waals surface area contributed by atoms with Gasteiger partial charge in [-0.1, -0.05) is 51.7 Å². The molecule has 1 aromatic heterocycles. The van der Waals surface area contributed by atoms with Crippen molar-refractivity contribution < 1.29 is 14.3 Å². The Balaban J connectivity index is 1.53. The predicted octanol–water partition coefficient (Wildman–Crippen LogP) is 7.27. The van der Waals surface area contributed by atoms with Crippen LogP contribution in [0, 0.1) is 0 Å². The van der Waals surface area contributed by atoms with Gasteiger partial charge >= 0.3 is 5.97 Å². The van der Waals surface area contributed by atoms with E-state index in [1.807, 2.05) is 54.6 Å². The number of hydrogen-bond acceptors (Lipinski definition) is 4. The maximum Gasteiger partial charge on any atom is 0.343 e. The largest absolute Gasteiger partial charge is 0.494 e. The molecule has 168 valence electrons. The van der Waals surface area contributed by atoms with E-state index in [4.69, 9.17) is 9.47 Å². The molecule has 0 saturated heterocycles. The summed E-state index contributed by atoms with van der Waals surface area (Å²) < 4.78 is 11.2. The molecular weight excluding hydrogens is 398 g/mol. The molecule has 0 spiro atoms. The minimum absolute atomic E-state index is 0.370. The fraction of sp³-hybridized carbons (Fsp3) is 0.357. The Kier molecular flexibility index (Phi) is 9.30. The average molecular weight is 432 g/mol. The molecule has 0 N–H and O–H groups in total. The molecule has 1 heterocycles. The first-order chi connectivity index (χ1) is 15.7. The SMILES string of the molecule is CCCCCCc1ccc(C(=O)Oc2ccc(-c3ccc(OCCCC)cc3)nc2)cc1. The van der Waals surface area contributed by atoms with Crippen LogP contribution in [0.4, 0.5) is 0 Å². The number of rotatable bonds is 12. The number of hydrogen-bond donors (Lipinski definition) is 0. The first-order valence-electron chi connectivity index (χ1n) is 11.7. The number of benzene rings is 2. The lowest BCUT2D eigenvalue weighted by Crippen LogP contribution is -2.08. The van der Waals surface area contributed by atoms with Gasteiger partial charge in [0.05, 0.1) is 24.1 Å². The number of unbranched alkanes of at least 4 members (excludes halogenated alkanes) is 4. The van der Waals surface area contributed by atoms with Crippen LogP contribution in [0.15, 0.2) is 66.9 Å². The minimum atomic E-state index is -0.370. The quantitative estimate of drug-likeness (QED) is 0.223. The van der Waals surface area contributed by atoms with Crippen molar-refractivity contribution in [2.75, 3.05) is 6.61 Å². The second-order valence-corrected chi connectivity index (χ2v) is 8.00. The topological polar surface area (TPSA) is 48.4 Å². The Morgan fingerprint density at radius 3 is 2.16 bits per heavy atom. The lowest BCUT2D eigenvalue weighted by atomic mass is 10.0. The number of aryl methyl sites for hydroxylation is 1. The zero-order chi connectivity index (χ0) is 22.6. The van der Waals surface area contributed by atoms with Crippen LogP contribution in [0.1, 0.15) is 68.3 Å². The molecule has 0 aliphatic carbocycles. The standard InChI is InChI=1S/C28H33NO3/c1-3-5-7-8-9-22-10-12-24(13-11-22)28(30)32-26-18-19-27(29-21-26)23-14-16-25(17-15-23)31-20-6-4-2/h10-19,21H,3-9,20H2,1-2H3. The zero-order valence-electron chi connectivity index (χ0n) is 19.2. The van der Waals surface area contributed by atoms with Crippen LogP contribution in [0.2, 0.25) is 0 Å². The zero-order valence-corrected chi connectivity index (χ0v) is 19.2. The summed E-state index contributed by atoms with van der Waals surface area (Å²) in [5.41, 5.74) is 3.60. The third-order valence-corrected chi connectivity index (χ3v) is 5.37. The van der Waals surface area contributed by atoms with Gasteiger partial charge < -0.3 is 9.47 Å². The molecule has 0 unspecified atom stereocenters. The summed E-state index contributed by atoms with van der Waals surface area (Å²) in [4.78, 5) is 16.9. The minimum Gasteiger partial charge on any atom is -0.494 e. The predicted molar refractivity (Wildman–Crippen MR) is 129 cm³/mol. The van der Waals surface area contributed by atoms with Crippen LogP contribution in [-0.2, 0) is 6.42 Å². The van der Waals surface area contributed by atoms with Gasteiger partial charge in [0.15, 0.2) is 0 Å². The summed E-state index contributed by atoms with van der Waals surface area (Å²) in [6.07, 6.45) is 9.74. The summed E-state index contributed by atoms with van der Waals surface area (Å²) in [7, 11) is 0. The highest BCUT2D eigenvalue weighted by Gasteiger charge is 2.09. The monoisotopic (exact) mass is 431 g/mol. The molecule has 0 aliphatic rings. The van der Waals surface area contributed by atoms with E-state index in [0.717, 1.165) is 42.9 Å². The maximum absolute atomic E-state index is 12.5. The molecule has 4 nitrogen and oxygen atoms in total. The second-order valence-electron chi connectivity index (χ2n) is 8.00. The second kappa shape index (κ2) is 12.7. The molecule has 0 atom stereocenters. The number of carbonyl (C=O) groups is 1. The molecule has 4 heteroatoms. The molecular formula is C28H33NO3. The van der Waals surface area contributed by atoms with Crippen LogP contribution < -0.4 is 9.47 Å². The van der Waals surface area contributed by atoms with Crippen molar-refractivity contribution >= 4 is 5.97 Å². The summed E-state index contributed by atoms with van der Waals surface area (Å²) in [5.74, 6) is 0.923. The highest BCUT2D eigenvalue weighted by molar-refractivity contribution is 5.91. The Morgan fingerprint density at radius 2 is 1.50 bits per heavy atom. The summed E-state index contributed by atoms with van der Waals surface area (Å²) >= 11 is 0. The van der Waals surface area contributed by atoms with E-state index in [0.29, 0.717) is 11.3 Å². The van der Waals surface area contributed by atoms with Gasteiger partial charge in [0.1, 0.15) is 11.5 Å². The molecule has 0 bridgehead atoms. The van der Waals surface area contributed by atoms with Crippen LogP contribution in [0.5, 0.6) is 11.5 Å². The Labute approximate surface area is 191 Å². The molecule has 0 radical (unpaired) electrons. The van der Waals surface area contributed by atoms with Gasteiger partial charge in [-0.25, -0.2) is 4.79 Å². The van der Waals surface area contributed by atoms with Crippen molar-refractivity contribution in [3.05, 3.63) is 78.0 Å². The van der Waals surface area contributed by atoms with Gasteiger partial charge in [-0.2, -0.15) is 0 Å². The van der Waals surface area contributed by atoms with E-state index in [9.17, 15) is 4.79 Å². The molecule has 2 aromatic carbocycles. The molecule has 32 heavy (non-hydrogen) atoms. The van der Waals surface area contributed by atoms with Crippen molar-refractivity contribution in [3.63, 3.8) is 0 Å². The van der Waals surface area contributed by atoms with E-state index < -0.39 is 0 Å². The van der Waals surface area contributed by atoms with E-state index >= 15 is 0 Å². The lowest BCUT2D eigenvalue weighted by Gasteiger charge is -2.08. The first kappa shape index (κ1) is 23.5. The van der Waals surface area contributed by atoms with Gasteiger partial charge in [-0.3, -0.25) is 4.98 Å². The lowest BCUT2D eigenvalue weighted by molar-refractivity contribution is 0.0734. The highest BCUT2D eigenvalue weighted by Crippen LogP contribution is 2.23. The smallest absolute Gasteiger partial charge is 0.343 e. The van der Waals surface area contributed by atoms with E-state index in [2.05, 4.69) is 18.8 Å². The average Bonchev–Trinajstić information content (AvgIpc) is 2.83. The number of aromatic nitrogens is 1. The van der Waals surface area contributed by atoms with Gasteiger partial charge in [-0.05, 0) is 73.4 Å². The highest BCUT2D eigenvalue weighted by atomic mass is 16.5. The van der Waals surface area contributed by atoms with E-state index in [1.54, 1.807) is 12.3 Å². The Bertz CT molecular complexity index is 947. The molecule has 3 aromatic rings. The van der Waals surface area contributed by atoms with Gasteiger partial charge in [0.2, 0.25) is 0 Å². The Morgan fingerprint density at radius 1 is 0.781 bits per heavy atom. The molecule has 3 rings (SSSR count). The maximum atomic E-state index is 12.5. The summed E-state index contributed by atoms with van der Waals surface area (Å²) in [5, 5.41) is 0. The number of pyridine rings is 1. The van der Waals surface area contributed by atoms with Gasteiger partial charge in [0, 0.05) is 5.56 Å². The summed E-state index contributed by atoms with van der Waals surface area (Å²) in [6.45, 7) is 5.09. The van der Waals surface area contributed by atoms with Gasteiger partial charge in [0.25, 0.3) is 0 Å². The van der Waals surface area contributed by atoms with Crippen LogP contribution in [-0.4, -0.2) is 17.6 Å². The van der Waals surface area contributed by atoms with E-state index in [-0.39, 0.29) is 5.97 Å². The van der Waals surface area contributed by atoms with Crippen molar-refractivity contribution in [1.82, 2.24) is 4.98 Å². The number of esters is 1. The van der Waals surface area contributed by atoms with Crippen molar-refractivity contribution in [2.45, 2.75) is 58.8 Å². The third kappa shape index (κ3) is 7.23. The number of carbonyl (C=O) groups excluding carboxylic acids is 1. The van der Waals surface area contributed by atoms with Crippen LogP contribution in [0.3, 0.4) is 0 Å². The first-order valence-corrected chi connectivity index (χ1v) is 11.7. The number of ether oxygens (including phenoxy) is 2. The molecule has 0 fully saturated rings. The fourth-order valence-corrected chi connectivity index (χ4v) is 3.40. The van der Waals surface area contributed by atoms with E-state index in [1.165, 1.54) is 31.2 Å². The summed E-state index contributed by atoms with van der Waals surface area (Å²) in [6, 6.07) is 19.2. The molecule has 0 saturated carbocycles.